The molecule has 0 amide bonds. The summed E-state index contributed by atoms with van der Waals surface area (Å²) >= 11 is 0. The van der Waals surface area contributed by atoms with Crippen LogP contribution in [0.5, 0.6) is 5.75 Å². The fourth-order valence-corrected chi connectivity index (χ4v) is 5.85. The number of hydrogen-bond acceptors (Lipinski definition) is 4. The van der Waals surface area contributed by atoms with E-state index in [2.05, 4.69) is 17.6 Å². The number of rotatable bonds is 6. The van der Waals surface area contributed by atoms with Gasteiger partial charge in [-0.3, -0.25) is 4.98 Å². The molecule has 3 aliphatic carbocycles. The molecule has 6 rings (SSSR count). The van der Waals surface area contributed by atoms with Crippen molar-refractivity contribution in [2.45, 2.75) is 31.8 Å². The van der Waals surface area contributed by atoms with Crippen LogP contribution in [0.2, 0.25) is 0 Å². The molecule has 32 heavy (non-hydrogen) atoms. The standard InChI is InChI=1S/C28H29NO3/c1-3-18-15-21-10-9-20(18)16-24(21)27(32-28(30)19-7-5-4-6-8-19)23-13-14-29-26-12-11-22(31-2)17-25(23)26/h3-8,11-14,17-18,20-21,24,27H,1,9-10,15-16H2,2H3/t18-,20-,21?,24-,27-/m0/s1. The number of methoxy groups -OCH3 is 1. The number of nitrogens with zero attached hydrogens (tertiary/aromatic N) is 1. The summed E-state index contributed by atoms with van der Waals surface area (Å²) in [6.45, 7) is 4.07. The fourth-order valence-electron chi connectivity index (χ4n) is 5.85. The number of aromatic nitrogens is 1. The van der Waals surface area contributed by atoms with Crippen LogP contribution in [0.4, 0.5) is 0 Å². The van der Waals surface area contributed by atoms with Gasteiger partial charge in [-0.25, -0.2) is 4.79 Å². The molecule has 1 heterocycles. The van der Waals surface area contributed by atoms with Gasteiger partial charge in [0.15, 0.2) is 0 Å². The van der Waals surface area contributed by atoms with Crippen LogP contribution in [0.25, 0.3) is 10.9 Å². The minimum absolute atomic E-state index is 0.273. The van der Waals surface area contributed by atoms with Crippen LogP contribution in [-0.2, 0) is 4.74 Å². The highest BCUT2D eigenvalue weighted by Gasteiger charge is 2.45. The monoisotopic (exact) mass is 427 g/mol. The molecule has 0 N–H and O–H groups in total. The Kier molecular flexibility index (Phi) is 5.69. The molecule has 3 saturated carbocycles. The zero-order valence-electron chi connectivity index (χ0n) is 18.4. The van der Waals surface area contributed by atoms with E-state index in [9.17, 15) is 4.79 Å². The molecule has 2 aromatic carbocycles. The lowest BCUT2D eigenvalue weighted by molar-refractivity contribution is -0.0414. The van der Waals surface area contributed by atoms with Crippen molar-refractivity contribution < 1.29 is 14.3 Å². The third-order valence-electron chi connectivity index (χ3n) is 7.49. The third-order valence-corrected chi connectivity index (χ3v) is 7.49. The van der Waals surface area contributed by atoms with Gasteiger partial charge in [-0.05, 0) is 79.8 Å². The molecule has 4 heteroatoms. The summed E-state index contributed by atoms with van der Waals surface area (Å²) in [6.07, 6.45) is 8.24. The maximum absolute atomic E-state index is 13.2. The highest BCUT2D eigenvalue weighted by Crippen LogP contribution is 2.54. The number of ether oxygens (including phenoxy) is 2. The normalized spacial score (nSPS) is 25.3. The largest absolute Gasteiger partial charge is 0.497 e. The van der Waals surface area contributed by atoms with Gasteiger partial charge in [-0.1, -0.05) is 24.3 Å². The number of pyridine rings is 1. The lowest BCUT2D eigenvalue weighted by Crippen LogP contribution is -2.40. The van der Waals surface area contributed by atoms with Gasteiger partial charge >= 0.3 is 5.97 Å². The summed E-state index contributed by atoms with van der Waals surface area (Å²) in [7, 11) is 1.67. The number of hydrogen-bond donors (Lipinski definition) is 0. The molecule has 1 unspecified atom stereocenters. The first-order valence-corrected chi connectivity index (χ1v) is 11.5. The summed E-state index contributed by atoms with van der Waals surface area (Å²) < 4.78 is 11.8. The Bertz CT molecular complexity index is 1130. The predicted octanol–water partition coefficient (Wildman–Crippen LogP) is 6.38. The fraction of sp³-hybridized carbons (Fsp3) is 0.357. The number of benzene rings is 2. The quantitative estimate of drug-likeness (QED) is 0.338. The van der Waals surface area contributed by atoms with Crippen molar-refractivity contribution in [3.63, 3.8) is 0 Å². The van der Waals surface area contributed by atoms with Crippen LogP contribution in [0.3, 0.4) is 0 Å². The van der Waals surface area contributed by atoms with E-state index in [-0.39, 0.29) is 18.0 Å². The SMILES string of the molecule is C=C[C@H]1CC2CC[C@H]1C[C@@H]2[C@@H](OC(=O)c1ccccc1)c1ccnc2ccc(OC)cc12. The highest BCUT2D eigenvalue weighted by atomic mass is 16.5. The summed E-state index contributed by atoms with van der Waals surface area (Å²) in [5.74, 6) is 2.49. The average molecular weight is 428 g/mol. The molecular weight excluding hydrogens is 398 g/mol. The van der Waals surface area contributed by atoms with Gasteiger partial charge in [0.25, 0.3) is 0 Å². The average Bonchev–Trinajstić information content (AvgIpc) is 2.87. The Morgan fingerprint density at radius 3 is 2.62 bits per heavy atom. The van der Waals surface area contributed by atoms with Crippen LogP contribution in [0.15, 0.2) is 73.4 Å². The molecule has 0 aliphatic heterocycles. The Labute approximate surface area is 189 Å². The van der Waals surface area contributed by atoms with Crippen molar-refractivity contribution in [2.24, 2.45) is 23.7 Å². The van der Waals surface area contributed by atoms with E-state index < -0.39 is 0 Å². The highest BCUT2D eigenvalue weighted by molar-refractivity contribution is 5.90. The Morgan fingerprint density at radius 1 is 1.09 bits per heavy atom. The van der Waals surface area contributed by atoms with E-state index in [1.807, 2.05) is 60.8 Å². The number of esters is 1. The number of allylic oxidation sites excluding steroid dienone is 1. The molecule has 5 atom stereocenters. The van der Waals surface area contributed by atoms with E-state index in [0.29, 0.717) is 23.3 Å². The molecule has 3 fully saturated rings. The smallest absolute Gasteiger partial charge is 0.338 e. The van der Waals surface area contributed by atoms with Gasteiger partial charge in [0.1, 0.15) is 11.9 Å². The third kappa shape index (κ3) is 3.79. The molecule has 3 aliphatic rings. The lowest BCUT2D eigenvalue weighted by Gasteiger charge is -2.48. The van der Waals surface area contributed by atoms with Gasteiger partial charge in [0.05, 0.1) is 18.2 Å². The minimum atomic E-state index is -0.320. The van der Waals surface area contributed by atoms with E-state index in [1.54, 1.807) is 7.11 Å². The van der Waals surface area contributed by atoms with Crippen molar-refractivity contribution >= 4 is 16.9 Å². The maximum Gasteiger partial charge on any atom is 0.338 e. The molecule has 3 aromatic rings. The van der Waals surface area contributed by atoms with E-state index in [1.165, 1.54) is 12.8 Å². The van der Waals surface area contributed by atoms with Crippen molar-refractivity contribution in [2.75, 3.05) is 7.11 Å². The molecule has 1 aromatic heterocycles. The first-order valence-electron chi connectivity index (χ1n) is 11.5. The van der Waals surface area contributed by atoms with E-state index >= 15 is 0 Å². The van der Waals surface area contributed by atoms with Gasteiger partial charge in [-0.15, -0.1) is 6.58 Å². The van der Waals surface area contributed by atoms with Crippen LogP contribution >= 0.6 is 0 Å². The van der Waals surface area contributed by atoms with Crippen LogP contribution in [0.1, 0.15) is 47.7 Å². The molecule has 4 nitrogen and oxygen atoms in total. The van der Waals surface area contributed by atoms with Crippen molar-refractivity contribution in [1.29, 1.82) is 0 Å². The summed E-state index contributed by atoms with van der Waals surface area (Å²) in [5, 5.41) is 0.986. The molecule has 164 valence electrons. The van der Waals surface area contributed by atoms with Crippen molar-refractivity contribution in [3.05, 3.63) is 84.6 Å². The van der Waals surface area contributed by atoms with Crippen LogP contribution in [0, 0.1) is 23.7 Å². The Morgan fingerprint density at radius 2 is 1.91 bits per heavy atom. The Hall–Kier alpha value is -3.14. The lowest BCUT2D eigenvalue weighted by atomic mass is 9.58. The zero-order chi connectivity index (χ0) is 22.1. The molecule has 0 saturated heterocycles. The first kappa shape index (κ1) is 20.7. The molecular formula is C28H29NO3. The number of fused-ring (bicyclic) bond motifs is 4. The van der Waals surface area contributed by atoms with Crippen molar-refractivity contribution in [3.8, 4) is 5.75 Å². The second kappa shape index (κ2) is 8.78. The molecule has 0 spiro atoms. The zero-order valence-corrected chi connectivity index (χ0v) is 18.4. The van der Waals surface area contributed by atoms with Crippen LogP contribution in [-0.4, -0.2) is 18.1 Å². The summed E-state index contributed by atoms with van der Waals surface area (Å²) in [5.41, 5.74) is 2.48. The topological polar surface area (TPSA) is 48.4 Å². The first-order chi connectivity index (χ1) is 15.7. The van der Waals surface area contributed by atoms with Crippen molar-refractivity contribution in [1.82, 2.24) is 4.98 Å². The maximum atomic E-state index is 13.2. The number of carbonyl (C=O) groups is 1. The minimum Gasteiger partial charge on any atom is -0.497 e. The summed E-state index contributed by atoms with van der Waals surface area (Å²) in [4.78, 5) is 17.7. The predicted molar refractivity (Wildman–Crippen MR) is 126 cm³/mol. The summed E-state index contributed by atoms with van der Waals surface area (Å²) in [6, 6.07) is 17.2. The van der Waals surface area contributed by atoms with Gasteiger partial charge in [0, 0.05) is 23.1 Å². The second-order valence-electron chi connectivity index (χ2n) is 9.11. The van der Waals surface area contributed by atoms with E-state index in [0.717, 1.165) is 35.1 Å². The Balaban J connectivity index is 1.57. The number of carbonyl (C=O) groups excluding carboxylic acids is 1. The molecule has 2 bridgehead atoms. The second-order valence-corrected chi connectivity index (χ2v) is 9.11. The van der Waals surface area contributed by atoms with E-state index in [4.69, 9.17) is 9.47 Å². The van der Waals surface area contributed by atoms with Gasteiger partial charge < -0.3 is 9.47 Å². The van der Waals surface area contributed by atoms with Gasteiger partial charge in [-0.2, -0.15) is 0 Å². The van der Waals surface area contributed by atoms with Crippen LogP contribution < -0.4 is 4.74 Å². The molecule has 0 radical (unpaired) electrons. The van der Waals surface area contributed by atoms with Gasteiger partial charge in [0.2, 0.25) is 0 Å².